The van der Waals surface area contributed by atoms with Gasteiger partial charge < -0.3 is 11.2 Å². The fourth-order valence-corrected chi connectivity index (χ4v) is 3.46. The van der Waals surface area contributed by atoms with E-state index in [1.165, 1.54) is 6.42 Å². The van der Waals surface area contributed by atoms with Crippen LogP contribution in [0.5, 0.6) is 0 Å². The van der Waals surface area contributed by atoms with Crippen molar-refractivity contribution in [2.24, 2.45) is 26.6 Å². The van der Waals surface area contributed by atoms with Gasteiger partial charge in [0.15, 0.2) is 0 Å². The first-order valence-electron chi connectivity index (χ1n) is 13.3. The highest BCUT2D eigenvalue weighted by Gasteiger charge is 2.13. The lowest BCUT2D eigenvalue weighted by Gasteiger charge is -2.15. The monoisotopic (exact) mass is 494 g/mol. The molecule has 0 aliphatic rings. The second kappa shape index (κ2) is 20.2. The highest BCUT2D eigenvalue weighted by atomic mass is 15.2. The first-order valence-corrected chi connectivity index (χ1v) is 13.3. The molecule has 0 heterocycles. The Morgan fingerprint density at radius 2 is 1.64 bits per heavy atom. The van der Waals surface area contributed by atoms with Gasteiger partial charge in [-0.1, -0.05) is 96.0 Å². The number of aliphatic imine (C=N–C) groups is 3. The van der Waals surface area contributed by atoms with Gasteiger partial charge in [0, 0.05) is 25.5 Å². The van der Waals surface area contributed by atoms with E-state index in [0.29, 0.717) is 11.7 Å². The van der Waals surface area contributed by atoms with E-state index in [-0.39, 0.29) is 6.04 Å². The standard InChI is InChI=1S/C27H42N6.C3H8/c1-7-11-14-25(28)32-26(15-12-8-2)31-20(5)21-16-18-22(19-17-21)23(10-4)24(13-9-3)27(30-6)33-29;1-3-2/h9-10,13,16-20H,3,7-8,11-12,14-15,29H2,1-2,4-6H3,(H,30,33)(H2,28,31,32);3H2,1-2H3/b23-10-,24-13+;. The molecule has 6 nitrogen and oxygen atoms in total. The Balaban J connectivity index is 0.00000387. The van der Waals surface area contributed by atoms with Gasteiger partial charge in [-0.05, 0) is 43.4 Å². The molecule has 0 amide bonds. The molecule has 0 bridgehead atoms. The van der Waals surface area contributed by atoms with Crippen LogP contribution >= 0.6 is 0 Å². The van der Waals surface area contributed by atoms with E-state index < -0.39 is 0 Å². The molecule has 0 fully saturated rings. The molecular formula is C30H50N6. The molecular weight excluding hydrogens is 444 g/mol. The summed E-state index contributed by atoms with van der Waals surface area (Å²) in [5.74, 6) is 7.79. The molecule has 0 spiro atoms. The maximum Gasteiger partial charge on any atom is 0.142 e. The van der Waals surface area contributed by atoms with E-state index in [1.807, 2.05) is 19.1 Å². The smallest absolute Gasteiger partial charge is 0.142 e. The van der Waals surface area contributed by atoms with Crippen molar-refractivity contribution in [1.29, 1.82) is 0 Å². The van der Waals surface area contributed by atoms with Gasteiger partial charge >= 0.3 is 0 Å². The van der Waals surface area contributed by atoms with Crippen molar-refractivity contribution in [2.75, 3.05) is 7.05 Å². The Hall–Kier alpha value is -2.99. The number of nitrogens with one attached hydrogen (secondary N) is 1. The summed E-state index contributed by atoms with van der Waals surface area (Å²) in [6.45, 7) is 16.5. The average Bonchev–Trinajstić information content (AvgIpc) is 2.88. The zero-order valence-corrected chi connectivity index (χ0v) is 23.8. The van der Waals surface area contributed by atoms with Crippen LogP contribution < -0.4 is 17.0 Å². The fraction of sp³-hybridized carbons (Fsp3) is 0.500. The zero-order chi connectivity index (χ0) is 27.3. The van der Waals surface area contributed by atoms with Crippen molar-refractivity contribution in [2.45, 2.75) is 92.5 Å². The van der Waals surface area contributed by atoms with Crippen LogP contribution in [-0.2, 0) is 0 Å². The van der Waals surface area contributed by atoms with Gasteiger partial charge in [0.25, 0.3) is 0 Å². The molecule has 0 aliphatic heterocycles. The van der Waals surface area contributed by atoms with Crippen LogP contribution in [0.2, 0.25) is 0 Å². The normalized spacial score (nSPS) is 14.2. The molecule has 200 valence electrons. The predicted molar refractivity (Wildman–Crippen MR) is 162 cm³/mol. The maximum absolute atomic E-state index is 6.14. The summed E-state index contributed by atoms with van der Waals surface area (Å²) in [6.07, 6.45) is 12.9. The number of hydrogen-bond donors (Lipinski definition) is 3. The number of hydrogen-bond acceptors (Lipinski definition) is 3. The van der Waals surface area contributed by atoms with Gasteiger partial charge in [0.1, 0.15) is 17.5 Å². The first kappa shape index (κ1) is 33.0. The molecule has 6 heteroatoms. The number of nitrogens with zero attached hydrogens (tertiary/aromatic N) is 3. The van der Waals surface area contributed by atoms with Gasteiger partial charge in [0.05, 0.1) is 6.04 Å². The first-order chi connectivity index (χ1) is 17.4. The molecule has 0 aromatic heterocycles. The lowest BCUT2D eigenvalue weighted by molar-refractivity contribution is 0.783. The Morgan fingerprint density at radius 1 is 1.06 bits per heavy atom. The highest BCUT2D eigenvalue weighted by Crippen LogP contribution is 2.26. The summed E-state index contributed by atoms with van der Waals surface area (Å²) in [5.41, 5.74) is 12.9. The van der Waals surface area contributed by atoms with Crippen molar-refractivity contribution >= 4 is 23.1 Å². The van der Waals surface area contributed by atoms with E-state index in [2.05, 4.69) is 80.9 Å². The lowest BCUT2D eigenvalue weighted by atomic mass is 9.94. The van der Waals surface area contributed by atoms with Crippen molar-refractivity contribution < 1.29 is 0 Å². The van der Waals surface area contributed by atoms with Gasteiger partial charge in [-0.2, -0.15) is 0 Å². The number of benzene rings is 1. The van der Waals surface area contributed by atoms with Crippen molar-refractivity contribution in [3.05, 3.63) is 65.8 Å². The Bertz CT molecular complexity index is 904. The Morgan fingerprint density at radius 3 is 2.11 bits per heavy atom. The summed E-state index contributed by atoms with van der Waals surface area (Å²) in [4.78, 5) is 13.8. The summed E-state index contributed by atoms with van der Waals surface area (Å²) < 4.78 is 0. The van der Waals surface area contributed by atoms with Crippen LogP contribution in [0.4, 0.5) is 0 Å². The number of allylic oxidation sites excluding steroid dienone is 3. The van der Waals surface area contributed by atoms with E-state index in [9.17, 15) is 0 Å². The largest absolute Gasteiger partial charge is 0.387 e. The average molecular weight is 495 g/mol. The molecule has 1 aromatic carbocycles. The van der Waals surface area contributed by atoms with Crippen molar-refractivity contribution in [3.63, 3.8) is 0 Å². The molecule has 36 heavy (non-hydrogen) atoms. The van der Waals surface area contributed by atoms with E-state index in [4.69, 9.17) is 16.6 Å². The topological polar surface area (TPSA) is 101 Å². The third-order valence-electron chi connectivity index (χ3n) is 5.34. The van der Waals surface area contributed by atoms with Crippen LogP contribution in [0.15, 0.2) is 69.6 Å². The zero-order valence-electron chi connectivity index (χ0n) is 23.8. The molecule has 0 radical (unpaired) electrons. The molecule has 1 atom stereocenters. The quantitative estimate of drug-likeness (QED) is 0.0933. The minimum Gasteiger partial charge on any atom is -0.387 e. The molecule has 0 saturated carbocycles. The highest BCUT2D eigenvalue weighted by molar-refractivity contribution is 6.12. The van der Waals surface area contributed by atoms with Crippen LogP contribution in [0.1, 0.15) is 104 Å². The Labute approximate surface area is 220 Å². The SMILES string of the molecule is C=C/C=C(C(=NC)NN)\C(=C/C)c1ccc(C(C)N=C(CCCC)N=C(N)CCCC)cc1.CCC. The van der Waals surface area contributed by atoms with Gasteiger partial charge in [-0.15, -0.1) is 0 Å². The minimum atomic E-state index is -0.00986. The summed E-state index contributed by atoms with van der Waals surface area (Å²) in [5, 5.41) is 0. The summed E-state index contributed by atoms with van der Waals surface area (Å²) in [6, 6.07) is 8.41. The van der Waals surface area contributed by atoms with Gasteiger partial charge in [-0.3, -0.25) is 9.98 Å². The molecule has 1 unspecified atom stereocenters. The van der Waals surface area contributed by atoms with E-state index in [1.54, 1.807) is 13.1 Å². The second-order valence-corrected chi connectivity index (χ2v) is 8.60. The fourth-order valence-electron chi connectivity index (χ4n) is 3.46. The molecule has 0 saturated heterocycles. The third-order valence-corrected chi connectivity index (χ3v) is 5.34. The van der Waals surface area contributed by atoms with Crippen LogP contribution in [-0.4, -0.2) is 24.6 Å². The Kier molecular flexibility index (Phi) is 18.5. The molecule has 1 aromatic rings. The van der Waals surface area contributed by atoms with Gasteiger partial charge in [0.2, 0.25) is 0 Å². The van der Waals surface area contributed by atoms with Crippen LogP contribution in [0.3, 0.4) is 0 Å². The number of hydrazine groups is 1. The summed E-state index contributed by atoms with van der Waals surface area (Å²) in [7, 11) is 1.70. The van der Waals surface area contributed by atoms with Crippen molar-refractivity contribution in [1.82, 2.24) is 5.43 Å². The van der Waals surface area contributed by atoms with E-state index in [0.717, 1.165) is 66.6 Å². The van der Waals surface area contributed by atoms with Crippen LogP contribution in [0.25, 0.3) is 5.57 Å². The van der Waals surface area contributed by atoms with E-state index >= 15 is 0 Å². The number of unbranched alkanes of at least 4 members (excludes halogenated alkanes) is 2. The molecule has 0 aliphatic carbocycles. The lowest BCUT2D eigenvalue weighted by Crippen LogP contribution is -2.32. The predicted octanol–water partition coefficient (Wildman–Crippen LogP) is 7.31. The minimum absolute atomic E-state index is 0.00986. The third kappa shape index (κ3) is 12.1. The number of rotatable bonds is 12. The number of amidine groups is 3. The summed E-state index contributed by atoms with van der Waals surface area (Å²) >= 11 is 0. The van der Waals surface area contributed by atoms with Gasteiger partial charge in [-0.25, -0.2) is 10.8 Å². The number of nitrogens with two attached hydrogens (primary N) is 2. The molecule has 1 rings (SSSR count). The molecule has 5 N–H and O–H groups in total. The second-order valence-electron chi connectivity index (χ2n) is 8.60. The maximum atomic E-state index is 6.14. The van der Waals surface area contributed by atoms with Crippen molar-refractivity contribution in [3.8, 4) is 0 Å². The van der Waals surface area contributed by atoms with Crippen LogP contribution in [0, 0.1) is 0 Å².